The van der Waals surface area contributed by atoms with Crippen molar-refractivity contribution in [3.8, 4) is 5.75 Å². The van der Waals surface area contributed by atoms with E-state index in [1.165, 1.54) is 0 Å². The van der Waals surface area contributed by atoms with E-state index in [1.54, 1.807) is 24.3 Å². The van der Waals surface area contributed by atoms with Crippen LogP contribution in [-0.2, 0) is 11.3 Å². The summed E-state index contributed by atoms with van der Waals surface area (Å²) < 4.78 is 30.1. The van der Waals surface area contributed by atoms with Crippen molar-refractivity contribution in [1.82, 2.24) is 4.90 Å². The summed E-state index contributed by atoms with van der Waals surface area (Å²) in [6.07, 6.45) is 0. The number of alkyl halides is 2. The maximum Gasteiger partial charge on any atom is 0.288 e. The second kappa shape index (κ2) is 10.3. The Morgan fingerprint density at radius 1 is 1.15 bits per heavy atom. The van der Waals surface area contributed by atoms with Gasteiger partial charge in [-0.25, -0.2) is 0 Å². The molecule has 0 aliphatic carbocycles. The van der Waals surface area contributed by atoms with E-state index in [2.05, 4.69) is 5.32 Å². The zero-order valence-corrected chi connectivity index (χ0v) is 16.4. The van der Waals surface area contributed by atoms with Crippen LogP contribution >= 0.6 is 11.8 Å². The number of likely N-dealkylation sites (N-methyl/N-ethyl adjacent to an activating group) is 1. The van der Waals surface area contributed by atoms with Gasteiger partial charge in [0.1, 0.15) is 5.75 Å². The highest BCUT2D eigenvalue weighted by atomic mass is 32.2. The molecule has 0 fully saturated rings. The lowest BCUT2D eigenvalue weighted by Gasteiger charge is -2.24. The van der Waals surface area contributed by atoms with E-state index in [0.717, 1.165) is 11.3 Å². The summed E-state index contributed by atoms with van der Waals surface area (Å²) in [6.45, 7) is 5.00. The van der Waals surface area contributed by atoms with E-state index in [-0.39, 0.29) is 11.9 Å². The number of benzene rings is 2. The SMILES string of the molecule is CCOc1ccc(CN(C)[C@H](C)C(=O)Nc2ccc(SC(F)F)cc2)cc1. The van der Waals surface area contributed by atoms with Crippen LogP contribution in [-0.4, -0.2) is 36.3 Å². The van der Waals surface area contributed by atoms with E-state index in [1.807, 2.05) is 50.1 Å². The van der Waals surface area contributed by atoms with Gasteiger partial charge in [-0.2, -0.15) is 8.78 Å². The Balaban J connectivity index is 1.89. The molecule has 0 heterocycles. The molecule has 2 aromatic carbocycles. The largest absolute Gasteiger partial charge is 0.494 e. The van der Waals surface area contributed by atoms with Crippen LogP contribution in [0, 0.1) is 0 Å². The van der Waals surface area contributed by atoms with E-state index in [0.29, 0.717) is 35.5 Å². The predicted octanol–water partition coefficient (Wildman–Crippen LogP) is 4.86. The average Bonchev–Trinajstić information content (AvgIpc) is 2.64. The van der Waals surface area contributed by atoms with Crippen molar-refractivity contribution >= 4 is 23.4 Å². The van der Waals surface area contributed by atoms with Crippen molar-refractivity contribution < 1.29 is 18.3 Å². The van der Waals surface area contributed by atoms with Gasteiger partial charge in [0, 0.05) is 17.1 Å². The van der Waals surface area contributed by atoms with Gasteiger partial charge >= 0.3 is 0 Å². The maximum absolute atomic E-state index is 12.4. The van der Waals surface area contributed by atoms with Crippen LogP contribution in [0.5, 0.6) is 5.75 Å². The highest BCUT2D eigenvalue weighted by Gasteiger charge is 2.18. The maximum atomic E-state index is 12.4. The number of carbonyl (C=O) groups is 1. The Kier molecular flexibility index (Phi) is 8.06. The van der Waals surface area contributed by atoms with Gasteiger partial charge in [-0.3, -0.25) is 9.69 Å². The average molecular weight is 394 g/mol. The van der Waals surface area contributed by atoms with E-state index >= 15 is 0 Å². The molecule has 2 rings (SSSR count). The lowest BCUT2D eigenvalue weighted by Crippen LogP contribution is -2.39. The third-order valence-corrected chi connectivity index (χ3v) is 4.78. The summed E-state index contributed by atoms with van der Waals surface area (Å²) in [6, 6.07) is 13.8. The smallest absolute Gasteiger partial charge is 0.288 e. The number of thioether (sulfide) groups is 1. The molecule has 0 unspecified atom stereocenters. The molecule has 0 aliphatic heterocycles. The number of ether oxygens (including phenoxy) is 1. The Morgan fingerprint density at radius 3 is 2.33 bits per heavy atom. The molecule has 0 aliphatic rings. The first-order valence-electron chi connectivity index (χ1n) is 8.66. The number of nitrogens with zero attached hydrogens (tertiary/aromatic N) is 1. The number of hydrogen-bond acceptors (Lipinski definition) is 4. The first-order chi connectivity index (χ1) is 12.9. The molecule has 0 saturated heterocycles. The second-order valence-electron chi connectivity index (χ2n) is 6.06. The lowest BCUT2D eigenvalue weighted by molar-refractivity contribution is -0.120. The minimum Gasteiger partial charge on any atom is -0.494 e. The van der Waals surface area contributed by atoms with Gasteiger partial charge in [0.05, 0.1) is 12.6 Å². The van der Waals surface area contributed by atoms with Gasteiger partial charge in [0.2, 0.25) is 5.91 Å². The Hall–Kier alpha value is -2.12. The summed E-state index contributed by atoms with van der Waals surface area (Å²) in [7, 11) is 1.88. The van der Waals surface area contributed by atoms with Crippen molar-refractivity contribution in [2.45, 2.75) is 37.1 Å². The summed E-state index contributed by atoms with van der Waals surface area (Å²) in [5.74, 6) is -1.79. The standard InChI is InChI=1S/C20H24F2N2O2S/c1-4-26-17-9-5-15(6-10-17)13-24(3)14(2)19(25)23-16-7-11-18(12-8-16)27-20(21)22/h5-12,14,20H,4,13H2,1-3H3,(H,23,25)/t14-/m1/s1. The van der Waals surface area contributed by atoms with Crippen LogP contribution < -0.4 is 10.1 Å². The predicted molar refractivity (Wildman–Crippen MR) is 105 cm³/mol. The molecule has 0 radical (unpaired) electrons. The summed E-state index contributed by atoms with van der Waals surface area (Å²) >= 11 is 0.479. The third kappa shape index (κ3) is 6.84. The van der Waals surface area contributed by atoms with Crippen LogP contribution in [0.3, 0.4) is 0 Å². The summed E-state index contributed by atoms with van der Waals surface area (Å²) in [4.78, 5) is 14.8. The quantitative estimate of drug-likeness (QED) is 0.617. The van der Waals surface area contributed by atoms with Gasteiger partial charge in [0.25, 0.3) is 5.76 Å². The highest BCUT2D eigenvalue weighted by Crippen LogP contribution is 2.26. The number of carbonyl (C=O) groups excluding carboxylic acids is 1. The molecular weight excluding hydrogens is 370 g/mol. The molecular formula is C20H24F2N2O2S. The first kappa shape index (κ1) is 21.2. The Bertz CT molecular complexity index is 724. The van der Waals surface area contributed by atoms with Crippen LogP contribution in [0.4, 0.5) is 14.5 Å². The van der Waals surface area contributed by atoms with Crippen LogP contribution in [0.1, 0.15) is 19.4 Å². The van der Waals surface area contributed by atoms with Crippen molar-refractivity contribution in [2.75, 3.05) is 19.0 Å². The van der Waals surface area contributed by atoms with Gasteiger partial charge in [-0.1, -0.05) is 23.9 Å². The topological polar surface area (TPSA) is 41.6 Å². The summed E-state index contributed by atoms with van der Waals surface area (Å²) in [5, 5.41) is 2.82. The summed E-state index contributed by atoms with van der Waals surface area (Å²) in [5.41, 5.74) is 1.66. The Morgan fingerprint density at radius 2 is 1.78 bits per heavy atom. The van der Waals surface area contributed by atoms with Crippen molar-refractivity contribution in [2.24, 2.45) is 0 Å². The molecule has 7 heteroatoms. The minimum atomic E-state index is -2.46. The molecule has 2 aromatic rings. The highest BCUT2D eigenvalue weighted by molar-refractivity contribution is 7.99. The van der Waals surface area contributed by atoms with Crippen molar-refractivity contribution in [3.63, 3.8) is 0 Å². The fourth-order valence-corrected chi connectivity index (χ4v) is 2.95. The molecule has 1 amide bonds. The van der Waals surface area contributed by atoms with Gasteiger partial charge in [-0.05, 0) is 62.9 Å². The van der Waals surface area contributed by atoms with Gasteiger partial charge < -0.3 is 10.1 Å². The van der Waals surface area contributed by atoms with Crippen LogP contribution in [0.25, 0.3) is 0 Å². The number of rotatable bonds is 9. The van der Waals surface area contributed by atoms with Crippen LogP contribution in [0.15, 0.2) is 53.4 Å². The first-order valence-corrected chi connectivity index (χ1v) is 9.54. The molecule has 0 bridgehead atoms. The molecule has 0 aromatic heterocycles. The molecule has 27 heavy (non-hydrogen) atoms. The number of halogens is 2. The normalized spacial score (nSPS) is 12.3. The van der Waals surface area contributed by atoms with E-state index in [4.69, 9.17) is 4.74 Å². The fourth-order valence-electron chi connectivity index (χ4n) is 2.45. The fraction of sp³-hybridized carbons (Fsp3) is 0.350. The van der Waals surface area contributed by atoms with Crippen molar-refractivity contribution in [1.29, 1.82) is 0 Å². The monoisotopic (exact) mass is 394 g/mol. The van der Waals surface area contributed by atoms with Gasteiger partial charge in [0.15, 0.2) is 0 Å². The Labute approximate surface area is 162 Å². The second-order valence-corrected chi connectivity index (χ2v) is 7.12. The minimum absolute atomic E-state index is 0.155. The molecule has 1 atom stereocenters. The molecule has 146 valence electrons. The molecule has 0 saturated carbocycles. The third-order valence-electron chi connectivity index (χ3n) is 4.05. The van der Waals surface area contributed by atoms with Crippen molar-refractivity contribution in [3.05, 3.63) is 54.1 Å². The number of amides is 1. The lowest BCUT2D eigenvalue weighted by atomic mass is 10.1. The molecule has 1 N–H and O–H groups in total. The molecule has 4 nitrogen and oxygen atoms in total. The van der Waals surface area contributed by atoms with Crippen LogP contribution in [0.2, 0.25) is 0 Å². The van der Waals surface area contributed by atoms with Gasteiger partial charge in [-0.15, -0.1) is 0 Å². The van der Waals surface area contributed by atoms with E-state index < -0.39 is 5.76 Å². The number of anilines is 1. The van der Waals surface area contributed by atoms with E-state index in [9.17, 15) is 13.6 Å². The zero-order valence-electron chi connectivity index (χ0n) is 15.6. The zero-order chi connectivity index (χ0) is 19.8. The molecule has 0 spiro atoms. The number of hydrogen-bond donors (Lipinski definition) is 1. The number of nitrogens with one attached hydrogen (secondary N) is 1.